The maximum absolute atomic E-state index is 8.33. The number of carbonyl (C=O) groups excluding carboxylic acids is 3. The zero-order valence-corrected chi connectivity index (χ0v) is 4.42. The van der Waals surface area contributed by atoms with E-state index in [0.29, 0.717) is 0 Å². The van der Waals surface area contributed by atoms with Gasteiger partial charge in [0, 0.05) is 0 Å². The topological polar surface area (TPSA) is 97.3 Å². The molecule has 0 rings (SSSR count). The van der Waals surface area contributed by atoms with Gasteiger partial charge in [-0.05, 0) is 6.16 Å². The summed E-state index contributed by atoms with van der Waals surface area (Å²) in [5.74, 6) is 0. The summed E-state index contributed by atoms with van der Waals surface area (Å²) in [5, 5.41) is 16.7. The van der Waals surface area contributed by atoms with Gasteiger partial charge >= 0.3 is 22.9 Å². The first kappa shape index (κ1) is 15.7. The number of carboxylic acid groups (broad SMARTS) is 2. The number of hydrogen-bond acceptors (Lipinski definition) is 5. The molecule has 0 amide bonds. The Morgan fingerprint density at radius 1 is 1.25 bits per heavy atom. The quantitative estimate of drug-likeness (QED) is 0.378. The third-order valence-electron chi connectivity index (χ3n) is 0. The van der Waals surface area contributed by atoms with Crippen LogP contribution in [0, 0.1) is 0 Å². The molecule has 0 spiro atoms. The third-order valence-corrected chi connectivity index (χ3v) is 0. The maximum atomic E-state index is 8.33. The SMILES string of the molecule is O=C([O-])[O-].O=C=O.[Co+2]. The Bertz CT molecular complexity index is 78.4. The summed E-state index contributed by atoms with van der Waals surface area (Å²) < 4.78 is 0. The van der Waals surface area contributed by atoms with Gasteiger partial charge in [-0.1, -0.05) is 0 Å². The second kappa shape index (κ2) is 16.4. The van der Waals surface area contributed by atoms with Gasteiger partial charge in [0.2, 0.25) is 0 Å². The zero-order chi connectivity index (χ0) is 6.28. The molecule has 0 atom stereocenters. The van der Waals surface area contributed by atoms with Crippen LogP contribution in [-0.4, -0.2) is 12.3 Å². The van der Waals surface area contributed by atoms with Crippen molar-refractivity contribution in [2.24, 2.45) is 0 Å². The first-order chi connectivity index (χ1) is 3.15. The van der Waals surface area contributed by atoms with Crippen molar-refractivity contribution >= 4 is 12.3 Å². The summed E-state index contributed by atoms with van der Waals surface area (Å²) in [5.41, 5.74) is 0. The van der Waals surface area contributed by atoms with Crippen LogP contribution in [0.4, 0.5) is 4.79 Å². The average Bonchev–Trinajstić information content (AvgIpc) is 1.33. The summed E-state index contributed by atoms with van der Waals surface area (Å²) in [6.45, 7) is 0. The van der Waals surface area contributed by atoms with E-state index in [1.54, 1.807) is 0 Å². The van der Waals surface area contributed by atoms with Gasteiger partial charge in [0.1, 0.15) is 0 Å². The summed E-state index contributed by atoms with van der Waals surface area (Å²) in [6, 6.07) is 0. The van der Waals surface area contributed by atoms with Gasteiger partial charge < -0.3 is 15.0 Å². The van der Waals surface area contributed by atoms with Crippen LogP contribution in [0.3, 0.4) is 0 Å². The molecule has 0 aliphatic heterocycles. The van der Waals surface area contributed by atoms with E-state index in [2.05, 4.69) is 0 Å². The van der Waals surface area contributed by atoms with Crippen LogP contribution in [-0.2, 0) is 26.4 Å². The van der Waals surface area contributed by atoms with Crippen molar-refractivity contribution in [1.82, 2.24) is 0 Å². The molecule has 0 saturated heterocycles. The molecule has 1 radical (unpaired) electrons. The van der Waals surface area contributed by atoms with Crippen LogP contribution in [0.25, 0.3) is 0 Å². The minimum atomic E-state index is -2.33. The van der Waals surface area contributed by atoms with Crippen molar-refractivity contribution in [3.8, 4) is 0 Å². The van der Waals surface area contributed by atoms with Gasteiger partial charge in [0.15, 0.2) is 0 Å². The van der Waals surface area contributed by atoms with E-state index in [0.717, 1.165) is 0 Å². The number of rotatable bonds is 0. The van der Waals surface area contributed by atoms with E-state index >= 15 is 0 Å². The fourth-order valence-corrected chi connectivity index (χ4v) is 0. The Kier molecular flexibility index (Phi) is 32.2. The Balaban J connectivity index is -0.0000000575. The van der Waals surface area contributed by atoms with Crippen molar-refractivity contribution in [2.75, 3.05) is 0 Å². The molecule has 5 nitrogen and oxygen atoms in total. The Morgan fingerprint density at radius 2 is 1.25 bits per heavy atom. The predicted octanol–water partition coefficient (Wildman–Crippen LogP) is -3.03. The summed E-state index contributed by atoms with van der Waals surface area (Å²) in [4.78, 5) is 24.6. The standard InChI is InChI=1S/CH2O3.CO2.Co/c2-1(3)4;2-1-3;/h(H2,2,3,4);;/q;;+2/p-2. The van der Waals surface area contributed by atoms with E-state index in [9.17, 15) is 0 Å². The fourth-order valence-electron chi connectivity index (χ4n) is 0. The predicted molar refractivity (Wildman–Crippen MR) is 10.4 cm³/mol. The molecule has 0 aliphatic rings. The maximum Gasteiger partial charge on any atom is 2.00 e. The van der Waals surface area contributed by atoms with Crippen LogP contribution in [0.2, 0.25) is 0 Å². The van der Waals surface area contributed by atoms with Crippen LogP contribution >= 0.6 is 0 Å². The molecule has 0 fully saturated rings. The van der Waals surface area contributed by atoms with E-state index in [1.165, 1.54) is 0 Å². The van der Waals surface area contributed by atoms with E-state index in [1.807, 2.05) is 0 Å². The molecule has 0 aromatic heterocycles. The third kappa shape index (κ3) is 125. The second-order valence-corrected chi connectivity index (χ2v) is 0.333. The Hall–Kier alpha value is -0.844. The molecule has 6 heteroatoms. The summed E-state index contributed by atoms with van der Waals surface area (Å²) >= 11 is 0. The van der Waals surface area contributed by atoms with E-state index < -0.39 is 6.16 Å². The van der Waals surface area contributed by atoms with Crippen LogP contribution < -0.4 is 10.2 Å². The molecule has 8 heavy (non-hydrogen) atoms. The number of carbonyl (C=O) groups is 1. The van der Waals surface area contributed by atoms with Crippen LogP contribution in [0.5, 0.6) is 0 Å². The van der Waals surface area contributed by atoms with Crippen molar-refractivity contribution in [2.45, 2.75) is 0 Å². The van der Waals surface area contributed by atoms with Crippen LogP contribution in [0.15, 0.2) is 0 Å². The zero-order valence-electron chi connectivity index (χ0n) is 3.37. The minimum Gasteiger partial charge on any atom is -0.652 e. The van der Waals surface area contributed by atoms with Crippen LogP contribution in [0.1, 0.15) is 0 Å². The first-order valence-corrected chi connectivity index (χ1v) is 1.02. The largest absolute Gasteiger partial charge is 2.00 e. The molecule has 0 bridgehead atoms. The minimum absolute atomic E-state index is 0. The number of hydrogen-bond donors (Lipinski definition) is 0. The van der Waals surface area contributed by atoms with Gasteiger partial charge in [-0.3, -0.25) is 0 Å². The summed E-state index contributed by atoms with van der Waals surface area (Å²) in [6.07, 6.45) is -2.08. The van der Waals surface area contributed by atoms with Crippen molar-refractivity contribution in [3.63, 3.8) is 0 Å². The molecule has 0 aromatic rings. The van der Waals surface area contributed by atoms with Crippen molar-refractivity contribution in [1.29, 1.82) is 0 Å². The molecule has 0 unspecified atom stereocenters. The second-order valence-electron chi connectivity index (χ2n) is 0.333. The molecule has 0 aliphatic carbocycles. The van der Waals surface area contributed by atoms with Crippen molar-refractivity contribution < 1.29 is 41.4 Å². The van der Waals surface area contributed by atoms with Gasteiger partial charge in [0.05, 0.1) is 0 Å². The molecule has 0 aromatic carbocycles. The fraction of sp³-hybridized carbons (Fsp3) is 0. The Labute approximate surface area is 54.5 Å². The summed E-state index contributed by atoms with van der Waals surface area (Å²) in [7, 11) is 0. The molecular formula is C2CoO5. The molecule has 47 valence electrons. The first-order valence-electron chi connectivity index (χ1n) is 1.02. The van der Waals surface area contributed by atoms with E-state index in [-0.39, 0.29) is 22.9 Å². The molecular weight excluding hydrogens is 163 g/mol. The van der Waals surface area contributed by atoms with Gasteiger partial charge in [-0.2, -0.15) is 9.59 Å². The van der Waals surface area contributed by atoms with Gasteiger partial charge in [-0.15, -0.1) is 0 Å². The van der Waals surface area contributed by atoms with Gasteiger partial charge in [-0.25, -0.2) is 0 Å². The molecule has 0 heterocycles. The van der Waals surface area contributed by atoms with Crippen molar-refractivity contribution in [3.05, 3.63) is 0 Å². The monoisotopic (exact) mass is 163 g/mol. The Morgan fingerprint density at radius 3 is 1.25 bits per heavy atom. The average molecular weight is 163 g/mol. The molecule has 0 saturated carbocycles. The van der Waals surface area contributed by atoms with Gasteiger partial charge in [0.25, 0.3) is 0 Å². The smallest absolute Gasteiger partial charge is 0.652 e. The normalized spacial score (nSPS) is 4.00. The molecule has 0 N–H and O–H groups in total. The van der Waals surface area contributed by atoms with E-state index in [4.69, 9.17) is 24.6 Å².